The molecule has 1 heterocycles. The number of likely N-dealkylation sites (tertiary alicyclic amines) is 1. The summed E-state index contributed by atoms with van der Waals surface area (Å²) < 4.78 is 0. The van der Waals surface area contributed by atoms with E-state index in [2.05, 4.69) is 17.4 Å². The van der Waals surface area contributed by atoms with Gasteiger partial charge in [-0.05, 0) is 36.8 Å². The molecule has 1 fully saturated rings. The van der Waals surface area contributed by atoms with Crippen molar-refractivity contribution in [2.24, 2.45) is 5.92 Å². The van der Waals surface area contributed by atoms with E-state index < -0.39 is 5.97 Å². The fourth-order valence-corrected chi connectivity index (χ4v) is 3.28. The Bertz CT molecular complexity index is 550. The van der Waals surface area contributed by atoms with E-state index in [-0.39, 0.29) is 18.0 Å². The second-order valence-electron chi connectivity index (χ2n) is 5.84. The zero-order valence-corrected chi connectivity index (χ0v) is 11.9. The highest BCUT2D eigenvalue weighted by Gasteiger charge is 2.29. The Morgan fingerprint density at radius 1 is 1.14 bits per heavy atom. The van der Waals surface area contributed by atoms with E-state index in [1.807, 2.05) is 12.1 Å². The number of carbonyl (C=O) groups excluding carboxylic acids is 1. The molecule has 2 amide bonds. The Morgan fingerprint density at radius 2 is 1.86 bits per heavy atom. The molecule has 1 aliphatic carbocycles. The molecule has 3 rings (SSSR count). The number of amides is 2. The maximum absolute atomic E-state index is 12.3. The standard InChI is InChI=1S/C16H20N2O3/c19-15(20)12-7-9-18(10-8-12)16(21)17-14-6-5-11-3-1-2-4-13(11)14/h1-4,12,14H,5-10H2,(H,17,21)(H,19,20). The number of rotatable bonds is 2. The first-order chi connectivity index (χ1) is 10.1. The number of carbonyl (C=O) groups is 2. The molecule has 1 saturated heterocycles. The van der Waals surface area contributed by atoms with Crippen LogP contribution in [0, 0.1) is 5.92 Å². The van der Waals surface area contributed by atoms with Crippen LogP contribution in [0.4, 0.5) is 4.79 Å². The van der Waals surface area contributed by atoms with Crippen LogP contribution in [-0.2, 0) is 11.2 Å². The first kappa shape index (κ1) is 13.9. The van der Waals surface area contributed by atoms with Gasteiger partial charge in [0.1, 0.15) is 0 Å². The minimum Gasteiger partial charge on any atom is -0.481 e. The number of carboxylic acid groups (broad SMARTS) is 1. The van der Waals surface area contributed by atoms with Crippen molar-refractivity contribution >= 4 is 12.0 Å². The number of nitrogens with one attached hydrogen (secondary N) is 1. The third-order valence-electron chi connectivity index (χ3n) is 4.56. The van der Waals surface area contributed by atoms with Gasteiger partial charge in [-0.15, -0.1) is 0 Å². The lowest BCUT2D eigenvalue weighted by Crippen LogP contribution is -2.46. The van der Waals surface area contributed by atoms with E-state index in [4.69, 9.17) is 5.11 Å². The maximum Gasteiger partial charge on any atom is 0.317 e. The minimum atomic E-state index is -0.750. The number of fused-ring (bicyclic) bond motifs is 1. The quantitative estimate of drug-likeness (QED) is 0.876. The third kappa shape index (κ3) is 2.86. The molecule has 0 bridgehead atoms. The normalized spacial score (nSPS) is 21.9. The van der Waals surface area contributed by atoms with Crippen LogP contribution in [0.15, 0.2) is 24.3 Å². The Hall–Kier alpha value is -2.04. The fraction of sp³-hybridized carbons (Fsp3) is 0.500. The van der Waals surface area contributed by atoms with Crippen LogP contribution in [0.25, 0.3) is 0 Å². The summed E-state index contributed by atoms with van der Waals surface area (Å²) in [5.74, 6) is -1.05. The van der Waals surface area contributed by atoms with E-state index in [1.165, 1.54) is 11.1 Å². The summed E-state index contributed by atoms with van der Waals surface area (Å²) in [6.07, 6.45) is 3.03. The topological polar surface area (TPSA) is 69.6 Å². The summed E-state index contributed by atoms with van der Waals surface area (Å²) in [7, 11) is 0. The molecule has 0 spiro atoms. The number of hydrogen-bond acceptors (Lipinski definition) is 2. The molecule has 1 aliphatic heterocycles. The lowest BCUT2D eigenvalue weighted by Gasteiger charge is -2.31. The first-order valence-corrected chi connectivity index (χ1v) is 7.51. The molecule has 1 unspecified atom stereocenters. The highest BCUT2D eigenvalue weighted by atomic mass is 16.4. The van der Waals surface area contributed by atoms with Gasteiger partial charge in [0.05, 0.1) is 12.0 Å². The smallest absolute Gasteiger partial charge is 0.317 e. The summed E-state index contributed by atoms with van der Waals surface area (Å²) in [6, 6.07) is 8.23. The van der Waals surface area contributed by atoms with E-state index in [0.717, 1.165) is 12.8 Å². The molecule has 2 N–H and O–H groups in total. The number of hydrogen-bond donors (Lipinski definition) is 2. The second-order valence-corrected chi connectivity index (χ2v) is 5.84. The number of aryl methyl sites for hydroxylation is 1. The Labute approximate surface area is 123 Å². The van der Waals surface area contributed by atoms with Gasteiger partial charge in [0.25, 0.3) is 0 Å². The lowest BCUT2D eigenvalue weighted by atomic mass is 9.97. The van der Waals surface area contributed by atoms with Crippen molar-refractivity contribution in [2.75, 3.05) is 13.1 Å². The van der Waals surface area contributed by atoms with Gasteiger partial charge < -0.3 is 15.3 Å². The van der Waals surface area contributed by atoms with Crippen molar-refractivity contribution in [2.45, 2.75) is 31.7 Å². The summed E-state index contributed by atoms with van der Waals surface area (Å²) in [6.45, 7) is 1.05. The van der Waals surface area contributed by atoms with Crippen LogP contribution >= 0.6 is 0 Å². The molecule has 5 nitrogen and oxygen atoms in total. The Balaban J connectivity index is 1.57. The molecule has 0 saturated carbocycles. The van der Waals surface area contributed by atoms with Gasteiger partial charge in [-0.1, -0.05) is 24.3 Å². The highest BCUT2D eigenvalue weighted by Crippen LogP contribution is 2.31. The van der Waals surface area contributed by atoms with E-state index in [0.29, 0.717) is 25.9 Å². The van der Waals surface area contributed by atoms with Gasteiger partial charge in [0.2, 0.25) is 0 Å². The molecule has 21 heavy (non-hydrogen) atoms. The third-order valence-corrected chi connectivity index (χ3v) is 4.56. The van der Waals surface area contributed by atoms with Crippen molar-refractivity contribution in [3.05, 3.63) is 35.4 Å². The number of nitrogens with zero attached hydrogens (tertiary/aromatic N) is 1. The maximum atomic E-state index is 12.3. The number of aliphatic carboxylic acids is 1. The summed E-state index contributed by atoms with van der Waals surface area (Å²) in [5.41, 5.74) is 2.53. The summed E-state index contributed by atoms with van der Waals surface area (Å²) in [5, 5.41) is 12.1. The SMILES string of the molecule is O=C(O)C1CCN(C(=O)NC2CCc3ccccc32)CC1. The van der Waals surface area contributed by atoms with Gasteiger partial charge in [0.15, 0.2) is 0 Å². The van der Waals surface area contributed by atoms with E-state index in [1.54, 1.807) is 4.90 Å². The van der Waals surface area contributed by atoms with Crippen LogP contribution < -0.4 is 5.32 Å². The summed E-state index contributed by atoms with van der Waals surface area (Å²) >= 11 is 0. The molecule has 1 atom stereocenters. The average Bonchev–Trinajstić information content (AvgIpc) is 2.91. The van der Waals surface area contributed by atoms with Crippen molar-refractivity contribution in [3.63, 3.8) is 0 Å². The highest BCUT2D eigenvalue weighted by molar-refractivity contribution is 5.76. The largest absolute Gasteiger partial charge is 0.481 e. The number of benzene rings is 1. The number of urea groups is 1. The van der Waals surface area contributed by atoms with E-state index >= 15 is 0 Å². The molecular formula is C16H20N2O3. The van der Waals surface area contributed by atoms with Crippen molar-refractivity contribution < 1.29 is 14.7 Å². The molecule has 2 aliphatic rings. The van der Waals surface area contributed by atoms with Gasteiger partial charge in [0, 0.05) is 13.1 Å². The monoisotopic (exact) mass is 288 g/mol. The minimum absolute atomic E-state index is 0.0689. The molecule has 1 aromatic carbocycles. The molecule has 1 aromatic rings. The van der Waals surface area contributed by atoms with Crippen molar-refractivity contribution in [1.82, 2.24) is 10.2 Å². The van der Waals surface area contributed by atoms with Crippen LogP contribution in [0.5, 0.6) is 0 Å². The number of carboxylic acids is 1. The van der Waals surface area contributed by atoms with Gasteiger partial charge in [-0.3, -0.25) is 4.79 Å². The Kier molecular flexibility index (Phi) is 3.82. The molecule has 0 aromatic heterocycles. The van der Waals surface area contributed by atoms with Gasteiger partial charge >= 0.3 is 12.0 Å². The first-order valence-electron chi connectivity index (χ1n) is 7.51. The predicted molar refractivity (Wildman–Crippen MR) is 78.0 cm³/mol. The van der Waals surface area contributed by atoms with Crippen molar-refractivity contribution in [3.8, 4) is 0 Å². The average molecular weight is 288 g/mol. The van der Waals surface area contributed by atoms with Crippen molar-refractivity contribution in [1.29, 1.82) is 0 Å². The number of piperidine rings is 1. The molecule has 112 valence electrons. The van der Waals surface area contributed by atoms with Crippen LogP contribution in [0.3, 0.4) is 0 Å². The van der Waals surface area contributed by atoms with Gasteiger partial charge in [-0.25, -0.2) is 4.79 Å². The van der Waals surface area contributed by atoms with Gasteiger partial charge in [-0.2, -0.15) is 0 Å². The zero-order valence-electron chi connectivity index (χ0n) is 11.9. The van der Waals surface area contributed by atoms with Crippen LogP contribution in [0.1, 0.15) is 36.4 Å². The Morgan fingerprint density at radius 3 is 2.57 bits per heavy atom. The van der Waals surface area contributed by atoms with E-state index in [9.17, 15) is 9.59 Å². The molecular weight excluding hydrogens is 268 g/mol. The van der Waals surface area contributed by atoms with Crippen LogP contribution in [-0.4, -0.2) is 35.1 Å². The van der Waals surface area contributed by atoms with Crippen LogP contribution in [0.2, 0.25) is 0 Å². The molecule has 5 heteroatoms. The fourth-order valence-electron chi connectivity index (χ4n) is 3.28. The molecule has 0 radical (unpaired) electrons. The predicted octanol–water partition coefficient (Wildman–Crippen LogP) is 2.18. The lowest BCUT2D eigenvalue weighted by molar-refractivity contribution is -0.143. The second kappa shape index (κ2) is 5.76. The summed E-state index contributed by atoms with van der Waals surface area (Å²) in [4.78, 5) is 25.0. The zero-order chi connectivity index (χ0) is 14.8.